The minimum atomic E-state index is -0.933. The second-order valence-electron chi connectivity index (χ2n) is 2.23. The molecule has 0 spiro atoms. The van der Waals surface area contributed by atoms with E-state index in [9.17, 15) is 4.79 Å². The van der Waals surface area contributed by atoms with Crippen molar-refractivity contribution in [1.82, 2.24) is 0 Å². The van der Waals surface area contributed by atoms with Crippen LogP contribution < -0.4 is 11.5 Å². The quantitative estimate of drug-likeness (QED) is 0.366. The average molecular weight is 188 g/mol. The minimum absolute atomic E-state index is 0. The molecule has 1 unspecified atom stereocenters. The van der Waals surface area contributed by atoms with E-state index < -0.39 is 12.0 Å². The van der Waals surface area contributed by atoms with Crippen LogP contribution in [0.1, 0.15) is 19.3 Å². The fourth-order valence-electron chi connectivity index (χ4n) is 0.632. The third kappa shape index (κ3) is 8.56. The van der Waals surface area contributed by atoms with Crippen LogP contribution in [0.5, 0.6) is 0 Å². The predicted octanol–water partition coefficient (Wildman–Crippen LogP) is -1.39. The molecular weight excluding hydrogens is 172 g/mol. The number of rotatable bonds is 5. The Bertz CT molecular complexity index is 111. The molecule has 0 saturated carbocycles. The molecule has 5 N–H and O–H groups in total. The van der Waals surface area contributed by atoms with Crippen molar-refractivity contribution in [2.45, 2.75) is 25.3 Å². The first-order chi connectivity index (χ1) is 4.68. The zero-order valence-electron chi connectivity index (χ0n) is 5.92. The molecule has 0 aromatic rings. The van der Waals surface area contributed by atoms with Crippen LogP contribution in [0.25, 0.3) is 0 Å². The zero-order chi connectivity index (χ0) is 7.98. The fourth-order valence-corrected chi connectivity index (χ4v) is 0.632. The van der Waals surface area contributed by atoms with Crippen LogP contribution >= 0.6 is 0 Å². The second-order valence-corrected chi connectivity index (χ2v) is 2.23. The van der Waals surface area contributed by atoms with Gasteiger partial charge in [-0.15, -0.1) is 0 Å². The van der Waals surface area contributed by atoms with E-state index in [1.165, 1.54) is 0 Å². The Balaban J connectivity index is 0. The third-order valence-corrected chi connectivity index (χ3v) is 1.29. The molecule has 0 aromatic heterocycles. The van der Waals surface area contributed by atoms with E-state index in [-0.39, 0.29) is 37.7 Å². The topological polar surface area (TPSA) is 89.3 Å². The molecule has 0 saturated heterocycles. The van der Waals surface area contributed by atoms with Gasteiger partial charge in [0, 0.05) is 0 Å². The molecule has 0 fully saturated rings. The molecule has 0 heterocycles. The van der Waals surface area contributed by atoms with Gasteiger partial charge in [0.2, 0.25) is 0 Å². The van der Waals surface area contributed by atoms with Crippen LogP contribution in [-0.2, 0) is 4.79 Å². The van der Waals surface area contributed by atoms with Gasteiger partial charge in [0.15, 0.2) is 0 Å². The van der Waals surface area contributed by atoms with Crippen LogP contribution in [0.4, 0.5) is 0 Å². The summed E-state index contributed by atoms with van der Waals surface area (Å²) in [4.78, 5) is 10.1. The number of unbranched alkanes of at least 4 members (excludes halogenated alkanes) is 1. The van der Waals surface area contributed by atoms with Crippen molar-refractivity contribution >= 4 is 43.7 Å². The van der Waals surface area contributed by atoms with E-state index in [1.807, 2.05) is 0 Å². The van der Waals surface area contributed by atoms with Crippen molar-refractivity contribution in [3.05, 3.63) is 0 Å². The van der Waals surface area contributed by atoms with Crippen LogP contribution in [0.15, 0.2) is 0 Å². The molecule has 0 amide bonds. The van der Waals surface area contributed by atoms with Gasteiger partial charge in [-0.3, -0.25) is 4.79 Å². The molecule has 0 aliphatic rings. The molecule has 0 bridgehead atoms. The second kappa shape index (κ2) is 8.74. The first-order valence-electron chi connectivity index (χ1n) is 3.37. The number of carboxylic acids is 1. The SMILES string of the molecule is NCCCCC(N)C(=O)O.[CaH2]. The molecule has 0 radical (unpaired) electrons. The number of hydrogen-bond donors (Lipinski definition) is 3. The van der Waals surface area contributed by atoms with Crippen molar-refractivity contribution in [2.75, 3.05) is 6.54 Å². The van der Waals surface area contributed by atoms with Gasteiger partial charge in [-0.2, -0.15) is 0 Å². The molecule has 5 heteroatoms. The summed E-state index contributed by atoms with van der Waals surface area (Å²) < 4.78 is 0. The van der Waals surface area contributed by atoms with Crippen molar-refractivity contribution < 1.29 is 9.90 Å². The van der Waals surface area contributed by atoms with Crippen molar-refractivity contribution in [2.24, 2.45) is 11.5 Å². The van der Waals surface area contributed by atoms with Gasteiger partial charge in [0.1, 0.15) is 6.04 Å². The van der Waals surface area contributed by atoms with E-state index in [0.29, 0.717) is 13.0 Å². The predicted molar refractivity (Wildman–Crippen MR) is 47.1 cm³/mol. The Morgan fingerprint density at radius 2 is 2.00 bits per heavy atom. The van der Waals surface area contributed by atoms with Crippen molar-refractivity contribution in [3.63, 3.8) is 0 Å². The Hall–Kier alpha value is 0.650. The molecular formula is C6H16CaN2O2. The van der Waals surface area contributed by atoms with Gasteiger partial charge in [0.05, 0.1) is 0 Å². The molecule has 64 valence electrons. The maximum absolute atomic E-state index is 10.1. The van der Waals surface area contributed by atoms with Crippen LogP contribution in [0.3, 0.4) is 0 Å². The fraction of sp³-hybridized carbons (Fsp3) is 0.833. The Morgan fingerprint density at radius 3 is 2.36 bits per heavy atom. The van der Waals surface area contributed by atoms with Gasteiger partial charge in [0.25, 0.3) is 0 Å². The van der Waals surface area contributed by atoms with Crippen LogP contribution in [0.2, 0.25) is 0 Å². The van der Waals surface area contributed by atoms with Crippen LogP contribution in [-0.4, -0.2) is 61.4 Å². The first-order valence-corrected chi connectivity index (χ1v) is 3.37. The summed E-state index contributed by atoms with van der Waals surface area (Å²) in [6.07, 6.45) is 2.16. The van der Waals surface area contributed by atoms with Gasteiger partial charge in [-0.05, 0) is 19.4 Å². The summed E-state index contributed by atoms with van der Waals surface area (Å²) in [5.41, 5.74) is 10.4. The number of hydrogen-bond acceptors (Lipinski definition) is 3. The van der Waals surface area contributed by atoms with Gasteiger partial charge < -0.3 is 16.6 Å². The molecule has 0 aliphatic heterocycles. The number of carbonyl (C=O) groups is 1. The molecule has 0 aromatic carbocycles. The number of carboxylic acid groups (broad SMARTS) is 1. The van der Waals surface area contributed by atoms with Crippen LogP contribution in [0, 0.1) is 0 Å². The first kappa shape index (κ1) is 14.2. The molecule has 4 nitrogen and oxygen atoms in total. The Morgan fingerprint density at radius 1 is 1.45 bits per heavy atom. The van der Waals surface area contributed by atoms with Crippen molar-refractivity contribution in [1.29, 1.82) is 0 Å². The van der Waals surface area contributed by atoms with Gasteiger partial charge in [-0.1, -0.05) is 6.42 Å². The number of nitrogens with two attached hydrogens (primary N) is 2. The maximum atomic E-state index is 10.1. The van der Waals surface area contributed by atoms with E-state index in [0.717, 1.165) is 12.8 Å². The van der Waals surface area contributed by atoms with Gasteiger partial charge in [-0.25, -0.2) is 0 Å². The average Bonchev–Trinajstić information content (AvgIpc) is 1.88. The monoisotopic (exact) mass is 188 g/mol. The molecule has 0 aliphatic carbocycles. The Kier molecular flexibility index (Phi) is 11.3. The summed E-state index contributed by atoms with van der Waals surface area (Å²) in [5, 5.41) is 8.33. The van der Waals surface area contributed by atoms with Crippen molar-refractivity contribution in [3.8, 4) is 0 Å². The number of aliphatic carboxylic acids is 1. The Labute approximate surface area is 96.3 Å². The standard InChI is InChI=1S/C6H14N2O2.Ca.2H/c7-4-2-1-3-5(8)6(9)10;;;/h5H,1-4,7-8H2,(H,9,10);;;. The normalized spacial score (nSPS) is 11.8. The van der Waals surface area contributed by atoms with E-state index >= 15 is 0 Å². The summed E-state index contributed by atoms with van der Waals surface area (Å²) in [6, 6.07) is -0.716. The summed E-state index contributed by atoms with van der Waals surface area (Å²) in [6.45, 7) is 0.604. The summed E-state index contributed by atoms with van der Waals surface area (Å²) in [7, 11) is 0. The third-order valence-electron chi connectivity index (χ3n) is 1.29. The van der Waals surface area contributed by atoms with E-state index in [2.05, 4.69) is 0 Å². The van der Waals surface area contributed by atoms with E-state index in [4.69, 9.17) is 16.6 Å². The van der Waals surface area contributed by atoms with Gasteiger partial charge >= 0.3 is 43.7 Å². The zero-order valence-corrected chi connectivity index (χ0v) is 5.92. The summed E-state index contributed by atoms with van der Waals surface area (Å²) >= 11 is 0. The van der Waals surface area contributed by atoms with E-state index in [1.54, 1.807) is 0 Å². The molecule has 1 atom stereocenters. The molecule has 0 rings (SSSR count). The molecule has 11 heavy (non-hydrogen) atoms. The summed E-state index contributed by atoms with van der Waals surface area (Å²) in [5.74, 6) is -0.933.